The zero-order chi connectivity index (χ0) is 11.7. The molecule has 0 spiro atoms. The van der Waals surface area contributed by atoms with Gasteiger partial charge in [0.05, 0.1) is 12.8 Å². The highest BCUT2D eigenvalue weighted by Crippen LogP contribution is 2.21. The molecule has 1 aromatic carbocycles. The minimum atomic E-state index is 0.596. The molecule has 84 valence electrons. The van der Waals surface area contributed by atoms with E-state index < -0.39 is 0 Å². The van der Waals surface area contributed by atoms with E-state index in [-0.39, 0.29) is 0 Å². The van der Waals surface area contributed by atoms with Crippen LogP contribution < -0.4 is 4.74 Å². The van der Waals surface area contributed by atoms with Crippen LogP contribution in [0.15, 0.2) is 42.9 Å². The van der Waals surface area contributed by atoms with Crippen LogP contribution in [0.1, 0.15) is 0 Å². The molecule has 0 fully saturated rings. The molecule has 0 aliphatic rings. The van der Waals surface area contributed by atoms with Gasteiger partial charge in [0.15, 0.2) is 0 Å². The Labute approximate surface area is 97.7 Å². The highest BCUT2D eigenvalue weighted by atomic mass is 16.5. The first-order chi connectivity index (χ1) is 8.38. The van der Waals surface area contributed by atoms with E-state index in [4.69, 9.17) is 4.74 Å². The Bertz CT molecular complexity index is 645. The number of methoxy groups -OCH3 is 1. The molecule has 0 amide bonds. The smallest absolute Gasteiger partial charge is 0.255 e. The van der Waals surface area contributed by atoms with Gasteiger partial charge in [-0.3, -0.25) is 4.40 Å². The van der Waals surface area contributed by atoms with Gasteiger partial charge in [-0.15, -0.1) is 10.2 Å². The molecular weight excluding hydrogens is 216 g/mol. The Morgan fingerprint density at radius 2 is 1.94 bits per heavy atom. The molecule has 0 aliphatic heterocycles. The largest absolute Gasteiger partial charge is 0.497 e. The van der Waals surface area contributed by atoms with Crippen molar-refractivity contribution in [2.24, 2.45) is 0 Å². The van der Waals surface area contributed by atoms with Crippen LogP contribution in [0.3, 0.4) is 0 Å². The fourth-order valence-electron chi connectivity index (χ4n) is 1.74. The lowest BCUT2D eigenvalue weighted by atomic mass is 10.1. The molecule has 0 saturated heterocycles. The van der Waals surface area contributed by atoms with Gasteiger partial charge in [-0.25, -0.2) is 4.98 Å². The van der Waals surface area contributed by atoms with Gasteiger partial charge in [-0.05, 0) is 35.9 Å². The molecular formula is C12H10N4O. The summed E-state index contributed by atoms with van der Waals surface area (Å²) in [6.07, 6.45) is 3.38. The van der Waals surface area contributed by atoms with Crippen LogP contribution >= 0.6 is 0 Å². The topological polar surface area (TPSA) is 52.3 Å². The van der Waals surface area contributed by atoms with Crippen molar-refractivity contribution in [3.8, 4) is 17.0 Å². The lowest BCUT2D eigenvalue weighted by molar-refractivity contribution is 0.415. The molecule has 2 aromatic heterocycles. The van der Waals surface area contributed by atoms with Crippen molar-refractivity contribution >= 4 is 5.78 Å². The van der Waals surface area contributed by atoms with E-state index in [0.717, 1.165) is 17.0 Å². The standard InChI is InChI=1S/C12H10N4O/c1-17-10-4-2-9(3-5-10)11-6-7-13-12-15-14-8-16(11)12/h2-8H,1H3. The highest BCUT2D eigenvalue weighted by Gasteiger charge is 2.04. The summed E-state index contributed by atoms with van der Waals surface area (Å²) < 4.78 is 6.98. The molecule has 5 heteroatoms. The second-order valence-electron chi connectivity index (χ2n) is 3.56. The van der Waals surface area contributed by atoms with Crippen LogP contribution in [0.5, 0.6) is 5.75 Å². The maximum Gasteiger partial charge on any atom is 0.255 e. The van der Waals surface area contributed by atoms with Gasteiger partial charge in [0.25, 0.3) is 5.78 Å². The molecule has 17 heavy (non-hydrogen) atoms. The molecule has 3 aromatic rings. The van der Waals surface area contributed by atoms with Gasteiger partial charge in [0.1, 0.15) is 12.1 Å². The van der Waals surface area contributed by atoms with E-state index in [1.807, 2.05) is 34.7 Å². The number of hydrogen-bond donors (Lipinski definition) is 0. The van der Waals surface area contributed by atoms with E-state index >= 15 is 0 Å². The van der Waals surface area contributed by atoms with E-state index in [1.165, 1.54) is 0 Å². The van der Waals surface area contributed by atoms with Crippen LogP contribution in [-0.4, -0.2) is 26.7 Å². The number of benzene rings is 1. The number of ether oxygens (including phenoxy) is 1. The van der Waals surface area contributed by atoms with Crippen molar-refractivity contribution in [3.05, 3.63) is 42.9 Å². The fraction of sp³-hybridized carbons (Fsp3) is 0.0833. The molecule has 0 radical (unpaired) electrons. The lowest BCUT2D eigenvalue weighted by Crippen LogP contribution is -1.93. The Kier molecular flexibility index (Phi) is 2.22. The first kappa shape index (κ1) is 9.77. The summed E-state index contributed by atoms with van der Waals surface area (Å²) in [5.41, 5.74) is 2.07. The maximum absolute atomic E-state index is 5.13. The summed E-state index contributed by atoms with van der Waals surface area (Å²) in [5.74, 6) is 1.43. The molecule has 0 atom stereocenters. The van der Waals surface area contributed by atoms with Gasteiger partial charge in [-0.2, -0.15) is 0 Å². The van der Waals surface area contributed by atoms with Crippen molar-refractivity contribution in [1.29, 1.82) is 0 Å². The third-order valence-electron chi connectivity index (χ3n) is 2.60. The zero-order valence-corrected chi connectivity index (χ0v) is 9.24. The van der Waals surface area contributed by atoms with E-state index in [9.17, 15) is 0 Å². The Hall–Kier alpha value is -2.43. The monoisotopic (exact) mass is 226 g/mol. The SMILES string of the molecule is COc1ccc(-c2ccnc3nncn23)cc1. The first-order valence-corrected chi connectivity index (χ1v) is 5.17. The molecule has 2 heterocycles. The van der Waals surface area contributed by atoms with Crippen molar-refractivity contribution in [1.82, 2.24) is 19.6 Å². The van der Waals surface area contributed by atoms with Crippen LogP contribution in [0.25, 0.3) is 17.0 Å². The van der Waals surface area contributed by atoms with Crippen LogP contribution in [-0.2, 0) is 0 Å². The van der Waals surface area contributed by atoms with E-state index in [2.05, 4.69) is 15.2 Å². The Morgan fingerprint density at radius 3 is 2.71 bits per heavy atom. The Balaban J connectivity index is 2.16. The number of hydrogen-bond acceptors (Lipinski definition) is 4. The minimum Gasteiger partial charge on any atom is -0.497 e. The molecule has 0 unspecified atom stereocenters. The van der Waals surface area contributed by atoms with Gasteiger partial charge in [0.2, 0.25) is 0 Å². The van der Waals surface area contributed by atoms with Crippen LogP contribution in [0, 0.1) is 0 Å². The quantitative estimate of drug-likeness (QED) is 0.668. The number of aromatic nitrogens is 4. The summed E-state index contributed by atoms with van der Waals surface area (Å²) in [5, 5.41) is 7.76. The molecule has 0 saturated carbocycles. The van der Waals surface area contributed by atoms with Gasteiger partial charge >= 0.3 is 0 Å². The van der Waals surface area contributed by atoms with Crippen LogP contribution in [0.2, 0.25) is 0 Å². The molecule has 0 aliphatic carbocycles. The van der Waals surface area contributed by atoms with Crippen molar-refractivity contribution in [2.45, 2.75) is 0 Å². The summed E-state index contributed by atoms with van der Waals surface area (Å²) in [7, 11) is 1.65. The van der Waals surface area contributed by atoms with E-state index in [1.54, 1.807) is 19.6 Å². The first-order valence-electron chi connectivity index (χ1n) is 5.17. The summed E-state index contributed by atoms with van der Waals surface area (Å²) >= 11 is 0. The number of rotatable bonds is 2. The number of nitrogens with zero attached hydrogens (tertiary/aromatic N) is 4. The minimum absolute atomic E-state index is 0.596. The average molecular weight is 226 g/mol. The second-order valence-corrected chi connectivity index (χ2v) is 3.56. The van der Waals surface area contributed by atoms with E-state index in [0.29, 0.717) is 5.78 Å². The fourth-order valence-corrected chi connectivity index (χ4v) is 1.74. The average Bonchev–Trinajstić information content (AvgIpc) is 2.87. The lowest BCUT2D eigenvalue weighted by Gasteiger charge is -2.05. The van der Waals surface area contributed by atoms with Crippen LogP contribution in [0.4, 0.5) is 0 Å². The van der Waals surface area contributed by atoms with Crippen molar-refractivity contribution in [3.63, 3.8) is 0 Å². The predicted octanol–water partition coefficient (Wildman–Crippen LogP) is 1.80. The number of fused-ring (bicyclic) bond motifs is 1. The molecule has 0 bridgehead atoms. The highest BCUT2D eigenvalue weighted by molar-refractivity contribution is 5.62. The molecule has 0 N–H and O–H groups in total. The summed E-state index contributed by atoms with van der Waals surface area (Å²) in [6, 6.07) is 9.76. The van der Waals surface area contributed by atoms with Gasteiger partial charge < -0.3 is 4.74 Å². The van der Waals surface area contributed by atoms with Gasteiger partial charge in [0, 0.05) is 6.20 Å². The second kappa shape index (κ2) is 3.86. The summed E-state index contributed by atoms with van der Waals surface area (Å²) in [4.78, 5) is 4.13. The third-order valence-corrected chi connectivity index (χ3v) is 2.60. The van der Waals surface area contributed by atoms with Crippen molar-refractivity contribution < 1.29 is 4.74 Å². The normalized spacial score (nSPS) is 10.6. The zero-order valence-electron chi connectivity index (χ0n) is 9.24. The van der Waals surface area contributed by atoms with Gasteiger partial charge in [-0.1, -0.05) is 0 Å². The third kappa shape index (κ3) is 1.61. The van der Waals surface area contributed by atoms with Crippen molar-refractivity contribution in [2.75, 3.05) is 7.11 Å². The predicted molar refractivity (Wildman–Crippen MR) is 62.8 cm³/mol. The molecule has 5 nitrogen and oxygen atoms in total. The molecule has 3 rings (SSSR count). The Morgan fingerprint density at radius 1 is 1.12 bits per heavy atom. The summed E-state index contributed by atoms with van der Waals surface area (Å²) in [6.45, 7) is 0. The maximum atomic E-state index is 5.13.